The van der Waals surface area contributed by atoms with Crippen molar-refractivity contribution >= 4 is 39.1 Å². The summed E-state index contributed by atoms with van der Waals surface area (Å²) in [7, 11) is 1.96. The first-order valence-electron chi connectivity index (χ1n) is 5.79. The predicted molar refractivity (Wildman–Crippen MR) is 78.1 cm³/mol. The Morgan fingerprint density at radius 1 is 1.35 bits per heavy atom. The largest absolute Gasteiger partial charge is 0.271 e. The van der Waals surface area contributed by atoms with E-state index in [0.717, 1.165) is 29.4 Å². The van der Waals surface area contributed by atoms with Crippen LogP contribution in [0.2, 0.25) is 0 Å². The summed E-state index contributed by atoms with van der Waals surface area (Å²) < 4.78 is 3.00. The van der Waals surface area contributed by atoms with Crippen LogP contribution in [0, 0.1) is 12.3 Å². The molecule has 1 aromatic heterocycles. The highest BCUT2D eigenvalue weighted by molar-refractivity contribution is 9.10. The van der Waals surface area contributed by atoms with Gasteiger partial charge in [0.1, 0.15) is 0 Å². The van der Waals surface area contributed by atoms with E-state index < -0.39 is 0 Å². The summed E-state index contributed by atoms with van der Waals surface area (Å²) in [5.41, 5.74) is 2.16. The molecule has 2 nitrogen and oxygen atoms in total. The van der Waals surface area contributed by atoms with Crippen LogP contribution in [0.15, 0.2) is 4.47 Å². The Balaban J connectivity index is 3.00. The molecule has 0 aliphatic heterocycles. The molecule has 1 rings (SSSR count). The van der Waals surface area contributed by atoms with Gasteiger partial charge in [-0.25, -0.2) is 0 Å². The first-order chi connectivity index (χ1) is 7.99. The number of aromatic nitrogens is 2. The van der Waals surface area contributed by atoms with E-state index in [9.17, 15) is 0 Å². The van der Waals surface area contributed by atoms with Crippen molar-refractivity contribution in [2.45, 2.75) is 33.1 Å². The molecule has 0 spiro atoms. The minimum absolute atomic E-state index is 0.0272. The molecular weight excluding hydrogens is 323 g/mol. The summed E-state index contributed by atoms with van der Waals surface area (Å²) in [5.74, 6) is 1.17. The molecule has 0 saturated carbocycles. The maximum atomic E-state index is 6.14. The molecule has 1 aromatic rings. The SMILES string of the molecule is CCCC(CCl)(CCl)Cc1c(Br)c(C)nn1C. The smallest absolute Gasteiger partial charge is 0.0738 e. The molecule has 0 bridgehead atoms. The normalized spacial score (nSPS) is 12.1. The Bertz CT molecular complexity index is 373. The number of halogens is 3. The molecule has 0 N–H and O–H groups in total. The Morgan fingerprint density at radius 2 is 1.94 bits per heavy atom. The van der Waals surface area contributed by atoms with E-state index in [1.54, 1.807) is 0 Å². The van der Waals surface area contributed by atoms with Gasteiger partial charge in [0.25, 0.3) is 0 Å². The summed E-state index contributed by atoms with van der Waals surface area (Å²) in [6.45, 7) is 4.16. The molecule has 0 aliphatic rings. The van der Waals surface area contributed by atoms with Crippen LogP contribution in [-0.2, 0) is 13.5 Å². The van der Waals surface area contributed by atoms with Crippen molar-refractivity contribution in [3.8, 4) is 0 Å². The van der Waals surface area contributed by atoms with Crippen LogP contribution in [0.3, 0.4) is 0 Å². The lowest BCUT2D eigenvalue weighted by atomic mass is 9.83. The Labute approximate surface area is 122 Å². The predicted octanol–water partition coefficient (Wildman–Crippen LogP) is 4.30. The average molecular weight is 342 g/mol. The van der Waals surface area contributed by atoms with Crippen LogP contribution in [0.25, 0.3) is 0 Å². The minimum atomic E-state index is -0.0272. The van der Waals surface area contributed by atoms with Crippen molar-refractivity contribution < 1.29 is 0 Å². The summed E-state index contributed by atoms with van der Waals surface area (Å²) in [6.07, 6.45) is 3.00. The van der Waals surface area contributed by atoms with Crippen LogP contribution in [0.4, 0.5) is 0 Å². The van der Waals surface area contributed by atoms with Gasteiger partial charge in [-0.15, -0.1) is 23.2 Å². The van der Waals surface area contributed by atoms with E-state index >= 15 is 0 Å². The third-order valence-electron chi connectivity index (χ3n) is 3.15. The molecule has 0 atom stereocenters. The Kier molecular flexibility index (Phi) is 5.81. The Morgan fingerprint density at radius 3 is 2.29 bits per heavy atom. The zero-order valence-corrected chi connectivity index (χ0v) is 13.7. The van der Waals surface area contributed by atoms with Crippen molar-refractivity contribution in [1.29, 1.82) is 0 Å². The van der Waals surface area contributed by atoms with Crippen molar-refractivity contribution in [3.63, 3.8) is 0 Å². The van der Waals surface area contributed by atoms with Gasteiger partial charge in [-0.1, -0.05) is 13.3 Å². The molecular formula is C12H19BrCl2N2. The maximum absolute atomic E-state index is 6.14. The van der Waals surface area contributed by atoms with Crippen molar-refractivity contribution in [1.82, 2.24) is 9.78 Å². The van der Waals surface area contributed by atoms with Gasteiger partial charge in [-0.05, 0) is 35.7 Å². The van der Waals surface area contributed by atoms with Crippen LogP contribution in [0.1, 0.15) is 31.2 Å². The van der Waals surface area contributed by atoms with Crippen LogP contribution < -0.4 is 0 Å². The second kappa shape index (κ2) is 6.44. The van der Waals surface area contributed by atoms with E-state index in [1.165, 1.54) is 5.69 Å². The fraction of sp³-hybridized carbons (Fsp3) is 0.750. The molecule has 1 heterocycles. The van der Waals surface area contributed by atoms with Gasteiger partial charge in [-0.3, -0.25) is 4.68 Å². The molecule has 5 heteroatoms. The standard InChI is InChI=1S/C12H19BrCl2N2/c1-4-5-12(7-14,8-15)6-10-11(13)9(2)16-17(10)3/h4-8H2,1-3H3. The van der Waals surface area contributed by atoms with Gasteiger partial charge in [0.15, 0.2) is 0 Å². The van der Waals surface area contributed by atoms with Gasteiger partial charge in [0.2, 0.25) is 0 Å². The minimum Gasteiger partial charge on any atom is -0.271 e. The van der Waals surface area contributed by atoms with Crippen molar-refractivity contribution in [2.75, 3.05) is 11.8 Å². The zero-order chi connectivity index (χ0) is 13.1. The van der Waals surface area contributed by atoms with Crippen LogP contribution in [0.5, 0.6) is 0 Å². The number of rotatable bonds is 6. The van der Waals surface area contributed by atoms with E-state index in [2.05, 4.69) is 28.0 Å². The Hall–Kier alpha value is 0.270. The lowest BCUT2D eigenvalue weighted by molar-refractivity contribution is 0.332. The number of nitrogens with zero attached hydrogens (tertiary/aromatic N) is 2. The molecule has 0 aromatic carbocycles. The molecule has 98 valence electrons. The third kappa shape index (κ3) is 3.39. The fourth-order valence-electron chi connectivity index (χ4n) is 2.11. The van der Waals surface area contributed by atoms with Gasteiger partial charge >= 0.3 is 0 Å². The highest BCUT2D eigenvalue weighted by Gasteiger charge is 2.30. The quantitative estimate of drug-likeness (QED) is 0.705. The number of hydrogen-bond acceptors (Lipinski definition) is 1. The van der Waals surface area contributed by atoms with Crippen molar-refractivity contribution in [3.05, 3.63) is 15.9 Å². The van der Waals surface area contributed by atoms with Gasteiger partial charge in [0.05, 0.1) is 15.9 Å². The second-order valence-electron chi connectivity index (χ2n) is 4.66. The maximum Gasteiger partial charge on any atom is 0.0738 e. The van der Waals surface area contributed by atoms with Crippen molar-refractivity contribution in [2.24, 2.45) is 12.5 Å². The molecule has 0 unspecified atom stereocenters. The summed E-state index contributed by atoms with van der Waals surface area (Å²) in [5, 5.41) is 4.41. The zero-order valence-electron chi connectivity index (χ0n) is 10.6. The summed E-state index contributed by atoms with van der Waals surface area (Å²) in [6, 6.07) is 0. The van der Waals surface area contributed by atoms with Gasteiger partial charge < -0.3 is 0 Å². The molecule has 0 amide bonds. The first kappa shape index (κ1) is 15.3. The number of hydrogen-bond donors (Lipinski definition) is 0. The van der Waals surface area contributed by atoms with E-state index in [-0.39, 0.29) is 5.41 Å². The van der Waals surface area contributed by atoms with E-state index in [1.807, 2.05) is 18.7 Å². The molecule has 0 fully saturated rings. The van der Waals surface area contributed by atoms with Crippen LogP contribution in [-0.4, -0.2) is 21.5 Å². The second-order valence-corrected chi connectivity index (χ2v) is 5.99. The van der Waals surface area contributed by atoms with E-state index in [0.29, 0.717) is 11.8 Å². The van der Waals surface area contributed by atoms with Gasteiger partial charge in [-0.2, -0.15) is 5.10 Å². The number of aryl methyl sites for hydroxylation is 2. The monoisotopic (exact) mass is 340 g/mol. The average Bonchev–Trinajstić information content (AvgIpc) is 2.55. The molecule has 0 saturated heterocycles. The fourth-order valence-corrected chi connectivity index (χ4v) is 3.33. The number of alkyl halides is 2. The highest BCUT2D eigenvalue weighted by Crippen LogP contribution is 2.34. The topological polar surface area (TPSA) is 17.8 Å². The molecule has 0 aliphatic carbocycles. The highest BCUT2D eigenvalue weighted by atomic mass is 79.9. The van der Waals surface area contributed by atoms with Gasteiger partial charge in [0, 0.05) is 24.2 Å². The summed E-state index contributed by atoms with van der Waals surface area (Å²) in [4.78, 5) is 0. The van der Waals surface area contributed by atoms with E-state index in [4.69, 9.17) is 23.2 Å². The molecule has 0 radical (unpaired) electrons. The lowest BCUT2D eigenvalue weighted by Gasteiger charge is -2.29. The lowest BCUT2D eigenvalue weighted by Crippen LogP contribution is -2.29. The summed E-state index contributed by atoms with van der Waals surface area (Å²) >= 11 is 15.9. The first-order valence-corrected chi connectivity index (χ1v) is 7.65. The van der Waals surface area contributed by atoms with Crippen LogP contribution >= 0.6 is 39.1 Å². The third-order valence-corrected chi connectivity index (χ3v) is 5.32. The molecule has 17 heavy (non-hydrogen) atoms.